The molecule has 4 heterocycles. The molecule has 18 nitrogen and oxygen atoms in total. The fourth-order valence-electron chi connectivity index (χ4n) is 9.49. The largest absolute Gasteiger partial charge is 0.481 e. The van der Waals surface area contributed by atoms with Gasteiger partial charge >= 0.3 is 18.0 Å². The maximum absolute atomic E-state index is 12.8. The predicted molar refractivity (Wildman–Crippen MR) is 279 cm³/mol. The number of fused-ring (bicyclic) bond motifs is 2. The van der Waals surface area contributed by atoms with Gasteiger partial charge in [0, 0.05) is 66.6 Å². The van der Waals surface area contributed by atoms with Gasteiger partial charge in [-0.1, -0.05) is 63.5 Å². The number of unbranched alkanes of at least 4 members (excludes halogenated alkanes) is 10. The van der Waals surface area contributed by atoms with E-state index >= 15 is 0 Å². The number of carboxylic acids is 1. The Morgan fingerprint density at radius 2 is 1.03 bits per heavy atom. The number of rotatable bonds is 41. The maximum Gasteiger partial charge on any atom is 0.315 e. The van der Waals surface area contributed by atoms with Gasteiger partial charge in [0.05, 0.1) is 70.2 Å². The number of benzene rings is 1. The zero-order valence-electron chi connectivity index (χ0n) is 42.0. The van der Waals surface area contributed by atoms with E-state index in [1.165, 1.54) is 5.56 Å². The Labute approximate surface area is 430 Å². The van der Waals surface area contributed by atoms with Crippen molar-refractivity contribution in [3.63, 3.8) is 0 Å². The van der Waals surface area contributed by atoms with E-state index in [1.54, 1.807) is 0 Å². The number of thioether (sulfide) groups is 2. The summed E-state index contributed by atoms with van der Waals surface area (Å²) in [5, 5.41) is 30.7. The van der Waals surface area contributed by atoms with Crippen molar-refractivity contribution in [3.05, 3.63) is 35.4 Å². The van der Waals surface area contributed by atoms with E-state index in [0.717, 1.165) is 134 Å². The lowest BCUT2D eigenvalue weighted by atomic mass is 10.0. The van der Waals surface area contributed by atoms with Crippen LogP contribution in [0, 0.1) is 0 Å². The minimum Gasteiger partial charge on any atom is -0.481 e. The average Bonchev–Trinajstić information content (AvgIpc) is 4.12. The summed E-state index contributed by atoms with van der Waals surface area (Å²) < 4.78 is 16.1. The third-order valence-electron chi connectivity index (χ3n) is 13.5. The van der Waals surface area contributed by atoms with Crippen molar-refractivity contribution in [2.75, 3.05) is 83.9 Å². The van der Waals surface area contributed by atoms with Crippen LogP contribution in [0.15, 0.2) is 24.3 Å². The summed E-state index contributed by atoms with van der Waals surface area (Å²) in [6.45, 7) is 6.59. The molecule has 7 amide bonds. The van der Waals surface area contributed by atoms with Crippen LogP contribution in [0.2, 0.25) is 0 Å². The van der Waals surface area contributed by atoms with E-state index in [2.05, 4.69) is 42.1 Å². The molecule has 0 saturated carbocycles. The summed E-state index contributed by atoms with van der Waals surface area (Å²) >= 11 is 3.84. The van der Waals surface area contributed by atoms with Gasteiger partial charge < -0.3 is 56.5 Å². The Bertz CT molecular complexity index is 1680. The number of carbonyl (C=O) groups is 6. The third-order valence-corrected chi connectivity index (χ3v) is 16.5. The molecule has 400 valence electrons. The monoisotopic (exact) mass is 1030 g/mol. The lowest BCUT2D eigenvalue weighted by Crippen LogP contribution is -2.36. The normalized spacial score (nSPS) is 21.0. The third kappa shape index (κ3) is 23.7. The summed E-state index contributed by atoms with van der Waals surface area (Å²) in [4.78, 5) is 74.0. The topological polar surface area (TPSA) is 238 Å². The quantitative estimate of drug-likeness (QED) is 0.0306. The summed E-state index contributed by atoms with van der Waals surface area (Å²) in [5.41, 5.74) is 1.77. The molecule has 0 unspecified atom stereocenters. The van der Waals surface area contributed by atoms with E-state index in [-0.39, 0.29) is 67.0 Å². The Hall–Kier alpha value is -3.82. The van der Waals surface area contributed by atoms with Crippen LogP contribution in [0.25, 0.3) is 0 Å². The second kappa shape index (κ2) is 34.6. The van der Waals surface area contributed by atoms with E-state index < -0.39 is 5.97 Å². The van der Waals surface area contributed by atoms with Gasteiger partial charge in [-0.05, 0) is 82.2 Å². The number of amides is 7. The first-order chi connectivity index (χ1) is 34.6. The molecule has 6 atom stereocenters. The predicted octanol–water partition coefficient (Wildman–Crippen LogP) is 5.33. The minimum atomic E-state index is -0.892. The Morgan fingerprint density at radius 1 is 0.549 bits per heavy atom. The van der Waals surface area contributed by atoms with E-state index in [4.69, 9.17) is 19.3 Å². The van der Waals surface area contributed by atoms with Crippen molar-refractivity contribution in [1.29, 1.82) is 0 Å². The van der Waals surface area contributed by atoms with Crippen molar-refractivity contribution in [2.24, 2.45) is 0 Å². The lowest BCUT2D eigenvalue weighted by molar-refractivity contribution is -0.138. The molecule has 20 heteroatoms. The molecule has 4 aliphatic rings. The van der Waals surface area contributed by atoms with Gasteiger partial charge in [-0.15, -0.1) is 0 Å². The SMILES string of the molecule is O=C(O)CCOCCOCCOCCNC(=O)c1ccc(CN(CCCCCCCNC(=O)CCCC[C@@H]2SC[C@@H]3NC(=O)N[C@@H]32)CCCCCCCNC(=O)CCCC[C@@H]2SC[C@@H]3NC(=O)N[C@@H]32)cc1. The van der Waals surface area contributed by atoms with Gasteiger partial charge in [-0.3, -0.25) is 24.1 Å². The number of carboxylic acid groups (broad SMARTS) is 1. The number of urea groups is 2. The van der Waals surface area contributed by atoms with Crippen LogP contribution >= 0.6 is 23.5 Å². The number of nitrogens with zero attached hydrogens (tertiary/aromatic N) is 1. The highest BCUT2D eigenvalue weighted by Gasteiger charge is 2.43. The van der Waals surface area contributed by atoms with Crippen LogP contribution in [0.4, 0.5) is 9.59 Å². The highest BCUT2D eigenvalue weighted by atomic mass is 32.2. The van der Waals surface area contributed by atoms with Crippen molar-refractivity contribution in [1.82, 2.24) is 42.1 Å². The Balaban J connectivity index is 0.904. The summed E-state index contributed by atoms with van der Waals surface area (Å²) in [6, 6.07) is 8.65. The van der Waals surface area contributed by atoms with Gasteiger partial charge in [-0.25, -0.2) is 9.59 Å². The molecule has 0 aromatic heterocycles. The van der Waals surface area contributed by atoms with Crippen molar-refractivity contribution >= 4 is 59.3 Å². The molecule has 4 saturated heterocycles. The summed E-state index contributed by atoms with van der Waals surface area (Å²) in [7, 11) is 0. The van der Waals surface area contributed by atoms with Crippen LogP contribution in [0.1, 0.15) is 138 Å². The lowest BCUT2D eigenvalue weighted by Gasteiger charge is -2.23. The molecule has 8 N–H and O–H groups in total. The van der Waals surface area contributed by atoms with E-state index in [0.29, 0.717) is 81.6 Å². The first-order valence-corrected chi connectivity index (χ1v) is 28.7. The number of nitrogens with one attached hydrogen (secondary N) is 7. The van der Waals surface area contributed by atoms with Crippen molar-refractivity contribution in [2.45, 2.75) is 163 Å². The Morgan fingerprint density at radius 3 is 1.55 bits per heavy atom. The van der Waals surface area contributed by atoms with Gasteiger partial charge in [0.15, 0.2) is 0 Å². The first kappa shape index (κ1) is 58.1. The van der Waals surface area contributed by atoms with Gasteiger partial charge in [-0.2, -0.15) is 23.5 Å². The maximum atomic E-state index is 12.8. The van der Waals surface area contributed by atoms with E-state index in [1.807, 2.05) is 47.8 Å². The zero-order chi connectivity index (χ0) is 50.3. The van der Waals surface area contributed by atoms with Crippen molar-refractivity contribution < 1.29 is 48.1 Å². The van der Waals surface area contributed by atoms with Gasteiger partial charge in [0.2, 0.25) is 11.8 Å². The highest BCUT2D eigenvalue weighted by Crippen LogP contribution is 2.34. The molecule has 4 fully saturated rings. The second-order valence-electron chi connectivity index (χ2n) is 19.2. The van der Waals surface area contributed by atoms with Crippen LogP contribution in [0.5, 0.6) is 0 Å². The van der Waals surface area contributed by atoms with Gasteiger partial charge in [0.1, 0.15) is 0 Å². The molecule has 0 aliphatic carbocycles. The van der Waals surface area contributed by atoms with E-state index in [9.17, 15) is 28.8 Å². The molecule has 0 spiro atoms. The van der Waals surface area contributed by atoms with Crippen LogP contribution < -0.4 is 37.2 Å². The molecule has 0 bridgehead atoms. The van der Waals surface area contributed by atoms with Crippen LogP contribution in [0.3, 0.4) is 0 Å². The molecule has 5 rings (SSSR count). The number of hydrogen-bond acceptors (Lipinski definition) is 12. The standard InChI is InChI=1S/C51H84N8O10S2/c60-44(17-9-7-15-42-47-40(36-70-42)55-50(65)57-47)52-24-11-3-1-5-13-27-59(28-14-6-2-4-12-25-53-45(61)18-10-8-16-43-48-41(37-71-43)56-51(66)58-48)35-38-19-21-39(22-20-38)49(64)54-26-30-68-32-34-69-33-31-67-29-23-46(62)63/h19-22,40-43,47-48H,1-18,23-37H2,(H,52,60)(H,53,61)(H,54,64)(H,62,63)(H2,55,57,65)(H2,56,58,66)/t40-,41-,42-,43-,47-,48-/m0/s1. The zero-order valence-corrected chi connectivity index (χ0v) is 43.6. The number of hydrogen-bond donors (Lipinski definition) is 8. The molecular formula is C51H84N8O10S2. The fraction of sp³-hybridized carbons (Fsp3) is 0.765. The molecule has 0 radical (unpaired) electrons. The smallest absolute Gasteiger partial charge is 0.315 e. The second-order valence-corrected chi connectivity index (χ2v) is 21.7. The number of ether oxygens (including phenoxy) is 3. The van der Waals surface area contributed by atoms with Crippen LogP contribution in [-0.2, 0) is 35.1 Å². The molecule has 71 heavy (non-hydrogen) atoms. The highest BCUT2D eigenvalue weighted by molar-refractivity contribution is 8.00. The van der Waals surface area contributed by atoms with Gasteiger partial charge in [0.25, 0.3) is 5.91 Å². The summed E-state index contributed by atoms with van der Waals surface area (Å²) in [6.07, 6.45) is 17.7. The molecular weight excluding hydrogens is 949 g/mol. The molecule has 4 aliphatic heterocycles. The number of aliphatic carboxylic acids is 1. The number of carbonyl (C=O) groups excluding carboxylic acids is 5. The van der Waals surface area contributed by atoms with Crippen molar-refractivity contribution in [3.8, 4) is 0 Å². The molecule has 1 aromatic carbocycles. The average molecular weight is 1030 g/mol. The fourth-order valence-corrected chi connectivity index (χ4v) is 12.6. The molecule has 1 aromatic rings. The minimum absolute atomic E-state index is 0.0298. The van der Waals surface area contributed by atoms with Crippen LogP contribution in [-0.4, -0.2) is 164 Å². The summed E-state index contributed by atoms with van der Waals surface area (Å²) in [5.74, 6) is 1.14. The Kier molecular flexibility index (Phi) is 28.3. The first-order valence-electron chi connectivity index (χ1n) is 26.6.